The highest BCUT2D eigenvalue weighted by Crippen LogP contribution is 2.23. The first kappa shape index (κ1) is 32.8. The number of benzene rings is 3. The molecule has 0 aromatic heterocycles. The van der Waals surface area contributed by atoms with Crippen LogP contribution < -0.4 is 9.62 Å². The van der Waals surface area contributed by atoms with E-state index in [9.17, 15) is 22.4 Å². The lowest BCUT2D eigenvalue weighted by molar-refractivity contribution is -0.141. The molecule has 3 rings (SSSR count). The molecule has 2 amide bonds. The van der Waals surface area contributed by atoms with E-state index in [2.05, 4.69) is 5.32 Å². The Morgan fingerprint density at radius 2 is 1.62 bits per heavy atom. The van der Waals surface area contributed by atoms with E-state index in [1.807, 2.05) is 63.2 Å². The molecule has 0 aliphatic rings. The van der Waals surface area contributed by atoms with E-state index in [1.54, 1.807) is 24.3 Å². The average molecular weight is 596 g/mol. The first-order chi connectivity index (χ1) is 20.0. The Kier molecular flexibility index (Phi) is 12.1. The number of amides is 2. The Balaban J connectivity index is 1.88. The van der Waals surface area contributed by atoms with Crippen LogP contribution in [0.4, 0.5) is 10.1 Å². The molecule has 0 bridgehead atoms. The summed E-state index contributed by atoms with van der Waals surface area (Å²) in [6.07, 6.45) is 3.31. The molecule has 1 atom stereocenters. The molecule has 9 heteroatoms. The van der Waals surface area contributed by atoms with E-state index in [1.165, 1.54) is 15.3 Å². The third kappa shape index (κ3) is 9.41. The van der Waals surface area contributed by atoms with Gasteiger partial charge in [0.25, 0.3) is 0 Å². The number of hydrogen-bond donors (Lipinski definition) is 1. The van der Waals surface area contributed by atoms with Crippen LogP contribution in [0.5, 0.6) is 0 Å². The van der Waals surface area contributed by atoms with Gasteiger partial charge in [0.1, 0.15) is 11.9 Å². The lowest BCUT2D eigenvalue weighted by Gasteiger charge is -2.32. The number of carbonyl (C=O) groups is 2. The van der Waals surface area contributed by atoms with Crippen molar-refractivity contribution in [3.63, 3.8) is 0 Å². The maximum atomic E-state index is 14.8. The number of nitrogens with one attached hydrogen (secondary N) is 1. The van der Waals surface area contributed by atoms with Crippen LogP contribution in [0.15, 0.2) is 72.8 Å². The van der Waals surface area contributed by atoms with Crippen molar-refractivity contribution in [1.82, 2.24) is 10.2 Å². The fraction of sp³-hybridized carbons (Fsp3) is 0.394. The van der Waals surface area contributed by atoms with Crippen molar-refractivity contribution in [3.05, 3.63) is 101 Å². The first-order valence-corrected chi connectivity index (χ1v) is 16.3. The summed E-state index contributed by atoms with van der Waals surface area (Å²) in [7, 11) is -3.61. The minimum atomic E-state index is -3.61. The van der Waals surface area contributed by atoms with Gasteiger partial charge in [-0.2, -0.15) is 0 Å². The van der Waals surface area contributed by atoms with Gasteiger partial charge >= 0.3 is 0 Å². The van der Waals surface area contributed by atoms with Gasteiger partial charge in [-0.15, -0.1) is 0 Å². The second-order valence-electron chi connectivity index (χ2n) is 10.7. The second kappa shape index (κ2) is 15.5. The summed E-state index contributed by atoms with van der Waals surface area (Å²) in [6, 6.07) is 20.2. The van der Waals surface area contributed by atoms with Gasteiger partial charge in [0, 0.05) is 38.0 Å². The Labute approximate surface area is 249 Å². The largest absolute Gasteiger partial charge is 0.354 e. The summed E-state index contributed by atoms with van der Waals surface area (Å²) in [5, 5.41) is 2.95. The molecule has 0 heterocycles. The standard InChI is InChI=1S/C33H42FN3O4S/c1-5-6-20-35-33(39)31(23-27-13-8-7-9-14-27)36(24-28-15-10-11-16-30(28)34)32(38)17-12-21-37(42(4,40)41)29-19-18-25(2)26(3)22-29/h7-11,13-16,18-19,22,31H,5-6,12,17,20-21,23-24H2,1-4H3,(H,35,39)/t31-/m1/s1. The van der Waals surface area contributed by atoms with Crippen molar-refractivity contribution in [2.24, 2.45) is 0 Å². The molecule has 0 fully saturated rings. The Morgan fingerprint density at radius 3 is 2.26 bits per heavy atom. The van der Waals surface area contributed by atoms with Crippen LogP contribution in [-0.2, 0) is 32.6 Å². The minimum Gasteiger partial charge on any atom is -0.354 e. The lowest BCUT2D eigenvalue weighted by Crippen LogP contribution is -2.50. The number of sulfonamides is 1. The maximum absolute atomic E-state index is 14.8. The molecule has 3 aromatic rings. The van der Waals surface area contributed by atoms with E-state index >= 15 is 0 Å². The van der Waals surface area contributed by atoms with Crippen LogP contribution in [0, 0.1) is 19.7 Å². The number of nitrogens with zero attached hydrogens (tertiary/aromatic N) is 2. The maximum Gasteiger partial charge on any atom is 0.243 e. The van der Waals surface area contributed by atoms with Gasteiger partial charge < -0.3 is 10.2 Å². The van der Waals surface area contributed by atoms with Crippen LogP contribution in [0.1, 0.15) is 54.9 Å². The zero-order chi connectivity index (χ0) is 30.7. The van der Waals surface area contributed by atoms with Crippen LogP contribution in [0.2, 0.25) is 0 Å². The summed E-state index contributed by atoms with van der Waals surface area (Å²) in [4.78, 5) is 28.8. The molecule has 1 N–H and O–H groups in total. The van der Waals surface area contributed by atoms with Crippen molar-refractivity contribution in [1.29, 1.82) is 0 Å². The van der Waals surface area contributed by atoms with Gasteiger partial charge in [-0.05, 0) is 61.6 Å². The van der Waals surface area contributed by atoms with E-state index in [0.717, 1.165) is 35.8 Å². The molecule has 3 aromatic carbocycles. The van der Waals surface area contributed by atoms with Crippen molar-refractivity contribution in [2.45, 2.75) is 65.5 Å². The highest BCUT2D eigenvalue weighted by atomic mass is 32.2. The third-order valence-electron chi connectivity index (χ3n) is 7.33. The molecule has 7 nitrogen and oxygen atoms in total. The number of rotatable bonds is 15. The molecule has 0 saturated heterocycles. The smallest absolute Gasteiger partial charge is 0.243 e. The molecule has 226 valence electrons. The SMILES string of the molecule is CCCCNC(=O)[C@@H](Cc1ccccc1)N(Cc1ccccc1F)C(=O)CCCN(c1ccc(C)c(C)c1)S(C)(=O)=O. The fourth-order valence-electron chi connectivity index (χ4n) is 4.75. The number of aryl methyl sites for hydroxylation is 2. The van der Waals surface area contributed by atoms with Crippen LogP contribution >= 0.6 is 0 Å². The van der Waals surface area contributed by atoms with Gasteiger partial charge in [0.2, 0.25) is 21.8 Å². The molecular weight excluding hydrogens is 553 g/mol. The molecule has 0 spiro atoms. The Morgan fingerprint density at radius 1 is 0.929 bits per heavy atom. The summed E-state index contributed by atoms with van der Waals surface area (Å²) >= 11 is 0. The van der Waals surface area contributed by atoms with Crippen LogP contribution in [0.3, 0.4) is 0 Å². The number of anilines is 1. The van der Waals surface area contributed by atoms with E-state index < -0.39 is 21.9 Å². The first-order valence-electron chi connectivity index (χ1n) is 14.4. The highest BCUT2D eigenvalue weighted by Gasteiger charge is 2.31. The van der Waals surface area contributed by atoms with E-state index in [4.69, 9.17) is 0 Å². The molecule has 0 radical (unpaired) electrons. The summed E-state index contributed by atoms with van der Waals surface area (Å²) in [5.41, 5.74) is 3.73. The van der Waals surface area contributed by atoms with E-state index in [0.29, 0.717) is 17.8 Å². The van der Waals surface area contributed by atoms with E-state index in [-0.39, 0.29) is 44.2 Å². The molecular formula is C33H42FN3O4S. The summed E-state index contributed by atoms with van der Waals surface area (Å²) < 4.78 is 41.4. The monoisotopic (exact) mass is 595 g/mol. The predicted molar refractivity (Wildman–Crippen MR) is 166 cm³/mol. The Hall–Kier alpha value is -3.72. The van der Waals surface area contributed by atoms with Crippen molar-refractivity contribution in [2.75, 3.05) is 23.7 Å². The number of unbranched alkanes of at least 4 members (excludes halogenated alkanes) is 1. The second-order valence-corrected chi connectivity index (χ2v) is 12.6. The fourth-order valence-corrected chi connectivity index (χ4v) is 5.71. The van der Waals surface area contributed by atoms with Crippen molar-refractivity contribution in [3.8, 4) is 0 Å². The molecule has 0 aliphatic heterocycles. The zero-order valence-corrected chi connectivity index (χ0v) is 25.8. The van der Waals surface area contributed by atoms with Crippen molar-refractivity contribution >= 4 is 27.5 Å². The number of halogens is 1. The van der Waals surface area contributed by atoms with Gasteiger partial charge in [-0.1, -0.05) is 67.9 Å². The van der Waals surface area contributed by atoms with Gasteiger partial charge in [-0.3, -0.25) is 13.9 Å². The van der Waals surface area contributed by atoms with Gasteiger partial charge in [0.15, 0.2) is 0 Å². The van der Waals surface area contributed by atoms with Gasteiger partial charge in [-0.25, -0.2) is 12.8 Å². The normalized spacial score (nSPS) is 12.0. The van der Waals surface area contributed by atoms with Crippen LogP contribution in [-0.4, -0.2) is 50.5 Å². The summed E-state index contributed by atoms with van der Waals surface area (Å²) in [5.74, 6) is -1.11. The van der Waals surface area contributed by atoms with Gasteiger partial charge in [0.05, 0.1) is 11.9 Å². The molecule has 0 saturated carbocycles. The number of hydrogen-bond acceptors (Lipinski definition) is 4. The quantitative estimate of drug-likeness (QED) is 0.234. The summed E-state index contributed by atoms with van der Waals surface area (Å²) in [6.45, 7) is 6.38. The third-order valence-corrected chi connectivity index (χ3v) is 8.52. The average Bonchev–Trinajstić information content (AvgIpc) is 2.95. The highest BCUT2D eigenvalue weighted by molar-refractivity contribution is 7.92. The lowest BCUT2D eigenvalue weighted by atomic mass is 10.0. The van der Waals surface area contributed by atoms with Crippen molar-refractivity contribution < 1.29 is 22.4 Å². The Bertz CT molecular complexity index is 1450. The molecule has 0 aliphatic carbocycles. The molecule has 42 heavy (non-hydrogen) atoms. The molecule has 0 unspecified atom stereocenters. The number of carbonyl (C=O) groups excluding carboxylic acids is 2. The minimum absolute atomic E-state index is 0.0150. The predicted octanol–water partition coefficient (Wildman–Crippen LogP) is 5.55. The van der Waals surface area contributed by atoms with Crippen LogP contribution in [0.25, 0.3) is 0 Å². The zero-order valence-electron chi connectivity index (χ0n) is 25.0. The topological polar surface area (TPSA) is 86.8 Å².